The van der Waals surface area contributed by atoms with Crippen molar-refractivity contribution in [1.82, 2.24) is 29.9 Å². The van der Waals surface area contributed by atoms with Crippen molar-refractivity contribution >= 4 is 55.9 Å². The second-order valence-electron chi connectivity index (χ2n) is 9.28. The number of Topliss-reactive ketones (excluding diaryl/α,β-unsaturated/α-hetero) is 1. The van der Waals surface area contributed by atoms with E-state index in [4.69, 9.17) is 0 Å². The summed E-state index contributed by atoms with van der Waals surface area (Å²) in [6.45, 7) is 0.332. The third-order valence-corrected chi connectivity index (χ3v) is 7.12. The molecule has 0 saturated heterocycles. The van der Waals surface area contributed by atoms with Gasteiger partial charge >= 0.3 is 19.5 Å². The summed E-state index contributed by atoms with van der Waals surface area (Å²) in [5, 5.41) is 5.21. The second-order valence-corrected chi connectivity index (χ2v) is 10.0. The van der Waals surface area contributed by atoms with Gasteiger partial charge in [-0.05, 0) is 72.8 Å². The summed E-state index contributed by atoms with van der Waals surface area (Å²) in [4.78, 5) is 37.1. The predicted molar refractivity (Wildman–Crippen MR) is 184 cm³/mol. The molecular formula is C35H28IN7ORu+2. The molecule has 0 fully saturated rings. The van der Waals surface area contributed by atoms with Gasteiger partial charge in [-0.2, -0.15) is 0 Å². The van der Waals surface area contributed by atoms with Crippen molar-refractivity contribution in [3.8, 4) is 22.8 Å². The molecular weight excluding hydrogens is 762 g/mol. The molecule has 0 unspecified atom stereocenters. The molecule has 222 valence electrons. The number of ketones is 1. The van der Waals surface area contributed by atoms with Crippen LogP contribution in [0.15, 0.2) is 140 Å². The van der Waals surface area contributed by atoms with Crippen LogP contribution in [0.3, 0.4) is 0 Å². The predicted octanol–water partition coefficient (Wildman–Crippen LogP) is 7.48. The van der Waals surface area contributed by atoms with E-state index in [2.05, 4.69) is 57.8 Å². The Morgan fingerprint density at radius 1 is 0.556 bits per heavy atom. The van der Waals surface area contributed by atoms with Crippen LogP contribution >= 0.6 is 22.6 Å². The van der Waals surface area contributed by atoms with E-state index in [9.17, 15) is 4.79 Å². The maximum atomic E-state index is 11.5. The number of rotatable bonds is 6. The molecule has 6 heterocycles. The van der Waals surface area contributed by atoms with E-state index in [1.165, 1.54) is 0 Å². The Bertz CT molecular complexity index is 1770. The maximum Gasteiger partial charge on any atom is 2.00 e. The number of nitrogens with zero attached hydrogens (tertiary/aromatic N) is 6. The van der Waals surface area contributed by atoms with Crippen molar-refractivity contribution in [3.63, 3.8) is 0 Å². The smallest absolute Gasteiger partial charge is 0.377 e. The van der Waals surface area contributed by atoms with E-state index in [1.807, 2.05) is 103 Å². The summed E-state index contributed by atoms with van der Waals surface area (Å²) < 4.78 is 0.510. The molecule has 0 atom stereocenters. The van der Waals surface area contributed by atoms with Crippen molar-refractivity contribution in [2.75, 3.05) is 16.3 Å². The monoisotopic (exact) mass is 791 g/mol. The van der Waals surface area contributed by atoms with Gasteiger partial charge in [0, 0.05) is 53.6 Å². The van der Waals surface area contributed by atoms with Gasteiger partial charge in [-0.25, -0.2) is 0 Å². The van der Waals surface area contributed by atoms with E-state index in [0.29, 0.717) is 11.0 Å². The number of nitrogens with one attached hydrogen (secondary N) is 1. The van der Waals surface area contributed by atoms with E-state index in [1.54, 1.807) is 37.2 Å². The van der Waals surface area contributed by atoms with E-state index in [0.717, 1.165) is 50.3 Å². The molecule has 6 aromatic heterocycles. The van der Waals surface area contributed by atoms with Gasteiger partial charge in [0.1, 0.15) is 0 Å². The molecule has 0 aliphatic rings. The SMILES string of the molecule is O=C(CI)CNc1cc2cccnc2c2ncccc12.[Ru+2].c1ccc(-c2ccccn2)nc1.c1ccc(-c2ccccn2)nc1. The van der Waals surface area contributed by atoms with Crippen LogP contribution < -0.4 is 5.32 Å². The first kappa shape index (κ1) is 33.4. The zero-order valence-electron chi connectivity index (χ0n) is 24.0. The number of fused-ring (bicyclic) bond motifs is 3. The second kappa shape index (κ2) is 17.7. The molecule has 7 rings (SSSR count). The number of carbonyl (C=O) groups is 1. The largest absolute Gasteiger partial charge is 2.00 e. The topological polar surface area (TPSA) is 106 Å². The number of carbonyl (C=O) groups excluding carboxylic acids is 1. The molecule has 0 spiro atoms. The molecule has 0 radical (unpaired) electrons. The third kappa shape index (κ3) is 9.47. The van der Waals surface area contributed by atoms with Gasteiger partial charge in [-0.15, -0.1) is 0 Å². The average Bonchev–Trinajstić information content (AvgIpc) is 3.12. The number of halogens is 1. The van der Waals surface area contributed by atoms with Gasteiger partial charge in [0.25, 0.3) is 0 Å². The van der Waals surface area contributed by atoms with Crippen molar-refractivity contribution in [2.45, 2.75) is 0 Å². The van der Waals surface area contributed by atoms with Crippen molar-refractivity contribution in [1.29, 1.82) is 0 Å². The molecule has 0 bridgehead atoms. The van der Waals surface area contributed by atoms with Gasteiger partial charge in [0.05, 0.1) is 44.8 Å². The first-order valence-electron chi connectivity index (χ1n) is 13.8. The number of aromatic nitrogens is 6. The van der Waals surface area contributed by atoms with Crippen molar-refractivity contribution < 1.29 is 24.3 Å². The van der Waals surface area contributed by atoms with Crippen LogP contribution in [0, 0.1) is 0 Å². The first-order valence-corrected chi connectivity index (χ1v) is 15.3. The first-order chi connectivity index (χ1) is 21.7. The summed E-state index contributed by atoms with van der Waals surface area (Å²) in [5.74, 6) is 0.175. The molecule has 45 heavy (non-hydrogen) atoms. The Morgan fingerprint density at radius 3 is 1.44 bits per heavy atom. The standard InChI is InChI=1S/C15H12IN3O.2C10H8N2.Ru/c16-8-11(20)9-19-13-7-10-3-1-5-17-14(10)15-12(13)4-2-6-18-15;2*1-3-7-11-9(5-1)10-6-2-4-8-12-10;/h1-7,19H,8-9H2;2*1-8H;/q;;;+2. The third-order valence-electron chi connectivity index (χ3n) is 6.27. The fraction of sp³-hybridized carbons (Fsp3) is 0.0571. The Morgan fingerprint density at radius 2 is 1.00 bits per heavy atom. The zero-order chi connectivity index (χ0) is 30.4. The Labute approximate surface area is 287 Å². The molecule has 7 aromatic rings. The normalized spacial score (nSPS) is 9.98. The zero-order valence-corrected chi connectivity index (χ0v) is 27.9. The number of pyridine rings is 6. The van der Waals surface area contributed by atoms with Crippen LogP contribution in [0.4, 0.5) is 5.69 Å². The summed E-state index contributed by atoms with van der Waals surface area (Å²) in [6.07, 6.45) is 10.6. The summed E-state index contributed by atoms with van der Waals surface area (Å²) >= 11 is 2.08. The fourth-order valence-corrected chi connectivity index (χ4v) is 4.49. The van der Waals surface area contributed by atoms with E-state index in [-0.39, 0.29) is 25.3 Å². The van der Waals surface area contributed by atoms with Gasteiger partial charge < -0.3 is 5.32 Å². The number of hydrogen-bond acceptors (Lipinski definition) is 8. The van der Waals surface area contributed by atoms with Gasteiger partial charge in [-0.3, -0.25) is 34.7 Å². The Hall–Kier alpha value is -4.54. The maximum absolute atomic E-state index is 11.5. The molecule has 10 heteroatoms. The number of benzene rings is 1. The molecule has 1 N–H and O–H groups in total. The van der Waals surface area contributed by atoms with Gasteiger partial charge in [-0.1, -0.05) is 52.9 Å². The van der Waals surface area contributed by atoms with Gasteiger partial charge in [0.2, 0.25) is 0 Å². The van der Waals surface area contributed by atoms with Crippen LogP contribution in [0.2, 0.25) is 0 Å². The summed E-state index contributed by atoms with van der Waals surface area (Å²) in [5.41, 5.74) is 6.32. The molecule has 0 aliphatic carbocycles. The molecule has 0 saturated carbocycles. The van der Waals surface area contributed by atoms with Crippen molar-refractivity contribution in [2.24, 2.45) is 0 Å². The molecule has 0 aliphatic heterocycles. The quantitative estimate of drug-likeness (QED) is 0.0801. The van der Waals surface area contributed by atoms with Crippen LogP contribution in [-0.4, -0.2) is 46.7 Å². The minimum Gasteiger partial charge on any atom is -0.377 e. The van der Waals surface area contributed by atoms with Crippen LogP contribution in [0.1, 0.15) is 0 Å². The summed E-state index contributed by atoms with van der Waals surface area (Å²) in [6, 6.07) is 33.0. The van der Waals surface area contributed by atoms with Crippen LogP contribution in [0.25, 0.3) is 44.6 Å². The van der Waals surface area contributed by atoms with E-state index < -0.39 is 0 Å². The van der Waals surface area contributed by atoms with E-state index >= 15 is 0 Å². The number of hydrogen-bond donors (Lipinski definition) is 1. The number of alkyl halides is 1. The minimum atomic E-state index is 0. The van der Waals surface area contributed by atoms with Gasteiger partial charge in [0.15, 0.2) is 5.78 Å². The molecule has 1 aromatic carbocycles. The van der Waals surface area contributed by atoms with Crippen LogP contribution in [-0.2, 0) is 24.3 Å². The minimum absolute atomic E-state index is 0. The van der Waals surface area contributed by atoms with Crippen LogP contribution in [0.5, 0.6) is 0 Å². The summed E-state index contributed by atoms with van der Waals surface area (Å²) in [7, 11) is 0. The molecule has 0 amide bonds. The van der Waals surface area contributed by atoms with Crippen molar-refractivity contribution in [3.05, 3.63) is 140 Å². The number of anilines is 1. The Balaban J connectivity index is 0.000000160. The average molecular weight is 791 g/mol. The fourth-order valence-electron chi connectivity index (χ4n) is 4.22. The molecule has 8 nitrogen and oxygen atoms in total. The Kier molecular flexibility index (Phi) is 13.1.